The van der Waals surface area contributed by atoms with Gasteiger partial charge in [0.05, 0.1) is 0 Å². The van der Waals surface area contributed by atoms with Crippen LogP contribution in [-0.4, -0.2) is 32.5 Å². The van der Waals surface area contributed by atoms with Gasteiger partial charge in [-0.3, -0.25) is 14.2 Å². The first kappa shape index (κ1) is 16.4. The van der Waals surface area contributed by atoms with E-state index in [0.717, 1.165) is 31.1 Å². The van der Waals surface area contributed by atoms with Crippen LogP contribution in [0.15, 0.2) is 23.1 Å². The predicted molar refractivity (Wildman–Crippen MR) is 92.9 cm³/mol. The van der Waals surface area contributed by atoms with Gasteiger partial charge in [0.1, 0.15) is 5.65 Å². The van der Waals surface area contributed by atoms with Crippen LogP contribution in [0.2, 0.25) is 0 Å². The van der Waals surface area contributed by atoms with Gasteiger partial charge in [-0.2, -0.15) is 4.98 Å². The number of rotatable bonds is 4. The van der Waals surface area contributed by atoms with Crippen molar-refractivity contribution in [3.8, 4) is 0 Å². The largest absolute Gasteiger partial charge is 0.353 e. The third-order valence-electron chi connectivity index (χ3n) is 4.60. The summed E-state index contributed by atoms with van der Waals surface area (Å²) in [6.45, 7) is 1.87. The fourth-order valence-electron chi connectivity index (χ4n) is 3.11. The first-order chi connectivity index (χ1) is 11.6. The number of carbonyl (C=O) groups excluding carboxylic acids is 1. The molecule has 24 heavy (non-hydrogen) atoms. The van der Waals surface area contributed by atoms with Crippen LogP contribution in [0, 0.1) is 0 Å². The number of anilines is 1. The zero-order valence-corrected chi connectivity index (χ0v) is 14.1. The predicted octanol–water partition coefficient (Wildman–Crippen LogP) is 1.58. The van der Waals surface area contributed by atoms with Gasteiger partial charge in [-0.05, 0) is 31.7 Å². The van der Waals surface area contributed by atoms with Crippen LogP contribution in [-0.2, 0) is 11.8 Å². The third-order valence-corrected chi connectivity index (χ3v) is 4.60. The standard InChI is InChI=1S/C17H23N5O2/c1-3-14(23)19-12-5-7-13(8-6-12)20-17-18-10-11-4-9-15(24)22(2)16(11)21-17/h4,9-10,12-13H,3,5-8H2,1-2H3,(H,19,23)(H,18,20,21). The van der Waals surface area contributed by atoms with E-state index in [0.29, 0.717) is 18.0 Å². The average molecular weight is 329 g/mol. The van der Waals surface area contributed by atoms with Crippen molar-refractivity contribution in [1.29, 1.82) is 0 Å². The average Bonchev–Trinajstić information content (AvgIpc) is 2.60. The minimum Gasteiger partial charge on any atom is -0.353 e. The molecule has 7 heteroatoms. The molecule has 1 fully saturated rings. The summed E-state index contributed by atoms with van der Waals surface area (Å²) in [4.78, 5) is 32.0. The quantitative estimate of drug-likeness (QED) is 0.889. The van der Waals surface area contributed by atoms with E-state index in [1.807, 2.05) is 6.92 Å². The monoisotopic (exact) mass is 329 g/mol. The number of aryl methyl sites for hydroxylation is 1. The molecule has 0 aromatic carbocycles. The van der Waals surface area contributed by atoms with Crippen LogP contribution in [0.5, 0.6) is 0 Å². The number of fused-ring (bicyclic) bond motifs is 1. The summed E-state index contributed by atoms with van der Waals surface area (Å²) in [6, 6.07) is 3.82. The normalized spacial score (nSPS) is 20.8. The highest BCUT2D eigenvalue weighted by atomic mass is 16.1. The molecule has 1 aliphatic rings. The summed E-state index contributed by atoms with van der Waals surface area (Å²) in [5.74, 6) is 0.662. The highest BCUT2D eigenvalue weighted by Gasteiger charge is 2.22. The maximum absolute atomic E-state index is 11.7. The van der Waals surface area contributed by atoms with Crippen molar-refractivity contribution in [1.82, 2.24) is 19.9 Å². The lowest BCUT2D eigenvalue weighted by atomic mass is 9.91. The Morgan fingerprint density at radius 2 is 1.96 bits per heavy atom. The Morgan fingerprint density at radius 1 is 1.25 bits per heavy atom. The minimum atomic E-state index is -0.0840. The lowest BCUT2D eigenvalue weighted by molar-refractivity contribution is -0.121. The summed E-state index contributed by atoms with van der Waals surface area (Å²) in [6.07, 6.45) is 6.09. The SMILES string of the molecule is CCC(=O)NC1CCC(Nc2ncc3ccc(=O)n(C)c3n2)CC1. The van der Waals surface area contributed by atoms with Crippen molar-refractivity contribution in [2.45, 2.75) is 51.1 Å². The molecule has 2 N–H and O–H groups in total. The Balaban J connectivity index is 1.65. The van der Waals surface area contributed by atoms with Crippen molar-refractivity contribution in [3.05, 3.63) is 28.7 Å². The van der Waals surface area contributed by atoms with Gasteiger partial charge in [0, 0.05) is 43.2 Å². The van der Waals surface area contributed by atoms with Gasteiger partial charge in [-0.1, -0.05) is 6.92 Å². The molecule has 3 rings (SSSR count). The van der Waals surface area contributed by atoms with Gasteiger partial charge in [-0.15, -0.1) is 0 Å². The number of hydrogen-bond acceptors (Lipinski definition) is 5. The summed E-state index contributed by atoms with van der Waals surface area (Å²) in [5.41, 5.74) is 0.545. The van der Waals surface area contributed by atoms with Crippen LogP contribution in [0.3, 0.4) is 0 Å². The van der Waals surface area contributed by atoms with Crippen molar-refractivity contribution in [3.63, 3.8) is 0 Å². The molecular weight excluding hydrogens is 306 g/mol. The van der Waals surface area contributed by atoms with E-state index in [1.54, 1.807) is 19.3 Å². The topological polar surface area (TPSA) is 88.9 Å². The van der Waals surface area contributed by atoms with E-state index >= 15 is 0 Å². The van der Waals surface area contributed by atoms with Crippen LogP contribution >= 0.6 is 0 Å². The molecule has 0 spiro atoms. The molecule has 0 unspecified atom stereocenters. The van der Waals surface area contributed by atoms with E-state index in [9.17, 15) is 9.59 Å². The molecule has 1 saturated carbocycles. The second kappa shape index (κ2) is 6.98. The molecule has 1 amide bonds. The van der Waals surface area contributed by atoms with Crippen molar-refractivity contribution in [2.24, 2.45) is 7.05 Å². The molecule has 0 atom stereocenters. The van der Waals surface area contributed by atoms with Gasteiger partial charge in [-0.25, -0.2) is 4.98 Å². The number of nitrogens with one attached hydrogen (secondary N) is 2. The van der Waals surface area contributed by atoms with Crippen LogP contribution in [0.25, 0.3) is 11.0 Å². The number of aromatic nitrogens is 3. The first-order valence-electron chi connectivity index (χ1n) is 8.45. The zero-order valence-electron chi connectivity index (χ0n) is 14.1. The lowest BCUT2D eigenvalue weighted by Gasteiger charge is -2.29. The molecule has 7 nitrogen and oxygen atoms in total. The van der Waals surface area contributed by atoms with Crippen LogP contribution in [0.1, 0.15) is 39.0 Å². The van der Waals surface area contributed by atoms with Gasteiger partial charge in [0.2, 0.25) is 11.9 Å². The highest BCUT2D eigenvalue weighted by Crippen LogP contribution is 2.21. The Hall–Kier alpha value is -2.44. The molecule has 2 aromatic heterocycles. The van der Waals surface area contributed by atoms with E-state index < -0.39 is 0 Å². The molecule has 0 aliphatic heterocycles. The van der Waals surface area contributed by atoms with Crippen LogP contribution < -0.4 is 16.2 Å². The minimum absolute atomic E-state index is 0.0840. The molecule has 0 radical (unpaired) electrons. The maximum atomic E-state index is 11.7. The van der Waals surface area contributed by atoms with E-state index in [2.05, 4.69) is 20.6 Å². The van der Waals surface area contributed by atoms with Crippen LogP contribution in [0.4, 0.5) is 5.95 Å². The number of hydrogen-bond donors (Lipinski definition) is 2. The highest BCUT2D eigenvalue weighted by molar-refractivity contribution is 5.76. The van der Waals surface area contributed by atoms with Crippen molar-refractivity contribution < 1.29 is 4.79 Å². The van der Waals surface area contributed by atoms with Gasteiger partial charge in [0.25, 0.3) is 5.56 Å². The summed E-state index contributed by atoms with van der Waals surface area (Å²) in [5, 5.41) is 7.25. The maximum Gasteiger partial charge on any atom is 0.251 e. The van der Waals surface area contributed by atoms with Gasteiger partial charge >= 0.3 is 0 Å². The molecule has 0 bridgehead atoms. The van der Waals surface area contributed by atoms with E-state index in [4.69, 9.17) is 0 Å². The molecule has 128 valence electrons. The Morgan fingerprint density at radius 3 is 2.67 bits per heavy atom. The Bertz CT molecular complexity index is 793. The molecule has 2 heterocycles. The number of pyridine rings is 1. The number of carbonyl (C=O) groups is 1. The van der Waals surface area contributed by atoms with Crippen molar-refractivity contribution >= 4 is 22.9 Å². The summed E-state index contributed by atoms with van der Waals surface area (Å²) < 4.78 is 1.53. The molecule has 1 aliphatic carbocycles. The fourth-order valence-corrected chi connectivity index (χ4v) is 3.11. The summed E-state index contributed by atoms with van der Waals surface area (Å²) >= 11 is 0. The first-order valence-corrected chi connectivity index (χ1v) is 8.45. The van der Waals surface area contributed by atoms with E-state index in [-0.39, 0.29) is 23.6 Å². The second-order valence-corrected chi connectivity index (χ2v) is 6.32. The van der Waals surface area contributed by atoms with Crippen molar-refractivity contribution in [2.75, 3.05) is 5.32 Å². The Labute approximate surface area is 140 Å². The van der Waals surface area contributed by atoms with E-state index in [1.165, 1.54) is 10.6 Å². The fraction of sp³-hybridized carbons (Fsp3) is 0.529. The molecule has 0 saturated heterocycles. The molecule has 2 aromatic rings. The number of amides is 1. The summed E-state index contributed by atoms with van der Waals surface area (Å²) in [7, 11) is 1.71. The van der Waals surface area contributed by atoms with Gasteiger partial charge in [0.15, 0.2) is 0 Å². The smallest absolute Gasteiger partial charge is 0.251 e. The second-order valence-electron chi connectivity index (χ2n) is 6.32. The third kappa shape index (κ3) is 3.55. The molecular formula is C17H23N5O2. The lowest BCUT2D eigenvalue weighted by Crippen LogP contribution is -2.40. The zero-order chi connectivity index (χ0) is 17.1. The number of nitrogens with zero attached hydrogens (tertiary/aromatic N) is 3. The Kier molecular flexibility index (Phi) is 4.78. The van der Waals surface area contributed by atoms with Gasteiger partial charge < -0.3 is 10.6 Å².